The highest BCUT2D eigenvalue weighted by Crippen LogP contribution is 2.30. The van der Waals surface area contributed by atoms with Gasteiger partial charge in [-0.05, 0) is 36.4 Å². The molecule has 0 radical (unpaired) electrons. The minimum Gasteiger partial charge on any atom is -0.484 e. The van der Waals surface area contributed by atoms with Gasteiger partial charge in [0.1, 0.15) is 22.7 Å². The van der Waals surface area contributed by atoms with Crippen LogP contribution in [0.15, 0.2) is 71.1 Å². The number of benzene rings is 3. The van der Waals surface area contributed by atoms with E-state index in [2.05, 4.69) is 5.32 Å². The molecule has 4 aromatic rings. The largest absolute Gasteiger partial charge is 0.484 e. The van der Waals surface area contributed by atoms with Crippen molar-refractivity contribution in [2.75, 3.05) is 11.9 Å². The fourth-order valence-electron chi connectivity index (χ4n) is 2.71. The van der Waals surface area contributed by atoms with E-state index < -0.39 is 5.82 Å². The van der Waals surface area contributed by atoms with E-state index in [1.807, 2.05) is 36.4 Å². The quantitative estimate of drug-likeness (QED) is 0.586. The molecule has 1 aromatic heterocycles. The van der Waals surface area contributed by atoms with Crippen molar-refractivity contribution in [1.29, 1.82) is 0 Å². The Balaban J connectivity index is 1.50. The summed E-state index contributed by atoms with van der Waals surface area (Å²) in [6.07, 6.45) is 0. The van der Waals surface area contributed by atoms with Gasteiger partial charge >= 0.3 is 0 Å². The van der Waals surface area contributed by atoms with Gasteiger partial charge in [0.25, 0.3) is 5.91 Å². The fourth-order valence-corrected chi connectivity index (χ4v) is 2.71. The Morgan fingerprint density at radius 3 is 2.68 bits per heavy atom. The van der Waals surface area contributed by atoms with E-state index in [4.69, 9.17) is 9.15 Å². The summed E-state index contributed by atoms with van der Waals surface area (Å²) in [6, 6.07) is 18.9. The molecule has 0 saturated heterocycles. The Labute approximate surface area is 142 Å². The number of carbonyl (C=O) groups excluding carboxylic acids is 1. The molecule has 4 rings (SSSR count). The lowest BCUT2D eigenvalue weighted by Crippen LogP contribution is -2.20. The number of furan rings is 1. The molecule has 124 valence electrons. The lowest BCUT2D eigenvalue weighted by atomic mass is 10.1. The number of hydrogen-bond donors (Lipinski definition) is 1. The Morgan fingerprint density at radius 1 is 0.960 bits per heavy atom. The topological polar surface area (TPSA) is 51.5 Å². The zero-order valence-corrected chi connectivity index (χ0v) is 13.2. The second kappa shape index (κ2) is 6.28. The van der Waals surface area contributed by atoms with Crippen molar-refractivity contribution in [3.8, 4) is 5.75 Å². The molecule has 0 aliphatic carbocycles. The number of anilines is 1. The molecule has 0 unspecified atom stereocenters. The Kier molecular flexibility index (Phi) is 3.82. The summed E-state index contributed by atoms with van der Waals surface area (Å²) in [5.41, 5.74) is 2.21. The van der Waals surface area contributed by atoms with E-state index >= 15 is 0 Å². The molecular formula is C20H14FNO3. The molecule has 1 heterocycles. The van der Waals surface area contributed by atoms with E-state index in [9.17, 15) is 9.18 Å². The average molecular weight is 335 g/mol. The summed E-state index contributed by atoms with van der Waals surface area (Å²) in [4.78, 5) is 12.1. The van der Waals surface area contributed by atoms with Gasteiger partial charge in [-0.2, -0.15) is 0 Å². The van der Waals surface area contributed by atoms with Crippen molar-refractivity contribution in [2.45, 2.75) is 0 Å². The van der Waals surface area contributed by atoms with Crippen LogP contribution in [0.2, 0.25) is 0 Å². The van der Waals surface area contributed by atoms with Gasteiger partial charge in [0, 0.05) is 22.5 Å². The summed E-state index contributed by atoms with van der Waals surface area (Å²) in [6.45, 7) is -0.201. The monoisotopic (exact) mass is 335 g/mol. The van der Waals surface area contributed by atoms with Gasteiger partial charge in [0.05, 0.1) is 0 Å². The number of rotatable bonds is 4. The third-order valence-corrected chi connectivity index (χ3v) is 3.83. The maximum absolute atomic E-state index is 13.1. The van der Waals surface area contributed by atoms with E-state index in [1.54, 1.807) is 12.1 Å². The van der Waals surface area contributed by atoms with Crippen LogP contribution in [-0.4, -0.2) is 12.5 Å². The van der Waals surface area contributed by atoms with Gasteiger partial charge < -0.3 is 14.5 Å². The lowest BCUT2D eigenvalue weighted by Gasteiger charge is -2.07. The van der Waals surface area contributed by atoms with Crippen molar-refractivity contribution in [3.63, 3.8) is 0 Å². The van der Waals surface area contributed by atoms with Crippen LogP contribution in [0, 0.1) is 5.82 Å². The normalized spacial score (nSPS) is 10.9. The molecule has 1 N–H and O–H groups in total. The third kappa shape index (κ3) is 3.17. The number of fused-ring (bicyclic) bond motifs is 3. The first-order valence-corrected chi connectivity index (χ1v) is 7.78. The van der Waals surface area contributed by atoms with Crippen LogP contribution in [-0.2, 0) is 4.79 Å². The third-order valence-electron chi connectivity index (χ3n) is 3.83. The first-order chi connectivity index (χ1) is 12.2. The summed E-state index contributed by atoms with van der Waals surface area (Å²) >= 11 is 0. The number of halogens is 1. The predicted octanol–water partition coefficient (Wildman–Crippen LogP) is 4.74. The molecule has 0 aliphatic heterocycles. The summed E-state index contributed by atoms with van der Waals surface area (Å²) < 4.78 is 24.1. The molecule has 25 heavy (non-hydrogen) atoms. The zero-order chi connectivity index (χ0) is 17.2. The molecule has 0 aliphatic rings. The molecule has 4 nitrogen and oxygen atoms in total. The van der Waals surface area contributed by atoms with Crippen molar-refractivity contribution < 1.29 is 18.3 Å². The van der Waals surface area contributed by atoms with Crippen molar-refractivity contribution in [1.82, 2.24) is 0 Å². The van der Waals surface area contributed by atoms with Crippen LogP contribution in [0.5, 0.6) is 5.75 Å². The second-order valence-corrected chi connectivity index (χ2v) is 5.60. The van der Waals surface area contributed by atoms with Gasteiger partial charge in [-0.15, -0.1) is 0 Å². The van der Waals surface area contributed by atoms with E-state index in [0.29, 0.717) is 11.4 Å². The molecule has 0 atom stereocenters. The highest BCUT2D eigenvalue weighted by atomic mass is 19.1. The average Bonchev–Trinajstić information content (AvgIpc) is 2.98. The number of amides is 1. The minimum atomic E-state index is -0.407. The van der Waals surface area contributed by atoms with Crippen LogP contribution < -0.4 is 10.1 Å². The molecular weight excluding hydrogens is 321 g/mol. The van der Waals surface area contributed by atoms with Crippen LogP contribution >= 0.6 is 0 Å². The molecule has 1 amide bonds. The Hall–Kier alpha value is -3.34. The SMILES string of the molecule is O=C(COc1cccc(F)c1)Nc1ccc2oc3ccccc3c2c1. The van der Waals surface area contributed by atoms with Crippen molar-refractivity contribution >= 4 is 33.5 Å². The molecule has 0 bridgehead atoms. The molecule has 3 aromatic carbocycles. The maximum atomic E-state index is 13.1. The van der Waals surface area contributed by atoms with Crippen molar-refractivity contribution in [2.24, 2.45) is 0 Å². The number of para-hydroxylation sites is 1. The van der Waals surface area contributed by atoms with Gasteiger partial charge in [-0.1, -0.05) is 24.3 Å². The highest BCUT2D eigenvalue weighted by molar-refractivity contribution is 6.07. The first-order valence-electron chi connectivity index (χ1n) is 7.78. The predicted molar refractivity (Wildman–Crippen MR) is 94.2 cm³/mol. The lowest BCUT2D eigenvalue weighted by molar-refractivity contribution is -0.118. The first kappa shape index (κ1) is 15.2. The van der Waals surface area contributed by atoms with Crippen molar-refractivity contribution in [3.05, 3.63) is 72.5 Å². The van der Waals surface area contributed by atoms with Crippen LogP contribution in [0.25, 0.3) is 21.9 Å². The molecule has 0 spiro atoms. The minimum absolute atomic E-state index is 0.201. The number of carbonyl (C=O) groups is 1. The summed E-state index contributed by atoms with van der Waals surface area (Å²) in [7, 11) is 0. The molecule has 5 heteroatoms. The van der Waals surface area contributed by atoms with Crippen LogP contribution in [0.3, 0.4) is 0 Å². The number of nitrogens with one attached hydrogen (secondary N) is 1. The standard InChI is InChI=1S/C20H14FNO3/c21-13-4-3-5-15(10-13)24-12-20(23)22-14-8-9-19-17(11-14)16-6-1-2-7-18(16)25-19/h1-11H,12H2,(H,22,23). The fraction of sp³-hybridized carbons (Fsp3) is 0.0500. The van der Waals surface area contributed by atoms with Gasteiger partial charge in [0.2, 0.25) is 0 Å². The summed E-state index contributed by atoms with van der Waals surface area (Å²) in [5.74, 6) is -0.418. The highest BCUT2D eigenvalue weighted by Gasteiger charge is 2.09. The Morgan fingerprint density at radius 2 is 1.80 bits per heavy atom. The number of ether oxygens (including phenoxy) is 1. The maximum Gasteiger partial charge on any atom is 0.262 e. The van der Waals surface area contributed by atoms with Crippen LogP contribution in [0.4, 0.5) is 10.1 Å². The van der Waals surface area contributed by atoms with E-state index in [0.717, 1.165) is 21.9 Å². The molecule has 0 fully saturated rings. The second-order valence-electron chi connectivity index (χ2n) is 5.60. The van der Waals surface area contributed by atoms with Crippen LogP contribution in [0.1, 0.15) is 0 Å². The van der Waals surface area contributed by atoms with Gasteiger partial charge in [0.15, 0.2) is 6.61 Å². The number of hydrogen-bond acceptors (Lipinski definition) is 3. The summed E-state index contributed by atoms with van der Waals surface area (Å²) in [5, 5.41) is 4.69. The smallest absolute Gasteiger partial charge is 0.262 e. The zero-order valence-electron chi connectivity index (χ0n) is 13.2. The van der Waals surface area contributed by atoms with E-state index in [-0.39, 0.29) is 12.5 Å². The Bertz CT molecular complexity index is 1070. The molecule has 0 saturated carbocycles. The van der Waals surface area contributed by atoms with E-state index in [1.165, 1.54) is 18.2 Å². The van der Waals surface area contributed by atoms with Gasteiger partial charge in [-0.3, -0.25) is 4.79 Å². The van der Waals surface area contributed by atoms with Gasteiger partial charge in [-0.25, -0.2) is 4.39 Å².